The van der Waals surface area contributed by atoms with Crippen LogP contribution in [0.15, 0.2) is 42.5 Å². The van der Waals surface area contributed by atoms with E-state index < -0.39 is 18.5 Å². The second-order valence-electron chi connectivity index (χ2n) is 7.88. The van der Waals surface area contributed by atoms with Crippen molar-refractivity contribution in [2.24, 2.45) is 0 Å². The Labute approximate surface area is 201 Å². The molecule has 0 spiro atoms. The Kier molecular flexibility index (Phi) is 7.00. The molecule has 2 aromatic carbocycles. The number of anilines is 1. The van der Waals surface area contributed by atoms with E-state index in [1.807, 2.05) is 13.8 Å². The van der Waals surface area contributed by atoms with Gasteiger partial charge in [-0.2, -0.15) is 5.10 Å². The first-order valence-electron chi connectivity index (χ1n) is 10.9. The summed E-state index contributed by atoms with van der Waals surface area (Å²) in [5.41, 5.74) is 4.28. The summed E-state index contributed by atoms with van der Waals surface area (Å²) < 4.78 is 22.1. The molecule has 1 aromatic heterocycles. The highest BCUT2D eigenvalue weighted by atomic mass is 16.7. The maximum atomic E-state index is 12.4. The van der Waals surface area contributed by atoms with Crippen molar-refractivity contribution in [3.63, 3.8) is 0 Å². The molecule has 0 atom stereocenters. The fourth-order valence-electron chi connectivity index (χ4n) is 3.74. The lowest BCUT2D eigenvalue weighted by atomic mass is 10.1. The van der Waals surface area contributed by atoms with Crippen molar-refractivity contribution in [2.45, 2.75) is 26.7 Å². The average Bonchev–Trinajstić information content (AvgIpc) is 3.44. The van der Waals surface area contributed by atoms with E-state index in [1.54, 1.807) is 47.1 Å². The van der Waals surface area contributed by atoms with E-state index in [0.717, 1.165) is 22.6 Å². The largest absolute Gasteiger partial charge is 0.469 e. The average molecular weight is 479 g/mol. The predicted octanol–water partition coefficient (Wildman–Crippen LogP) is 3.12. The molecule has 0 unspecified atom stereocenters. The summed E-state index contributed by atoms with van der Waals surface area (Å²) in [6.45, 7) is 3.51. The second-order valence-corrected chi connectivity index (χ2v) is 7.88. The number of nitrogens with zero attached hydrogens (tertiary/aromatic N) is 2. The second kappa shape index (κ2) is 10.3. The van der Waals surface area contributed by atoms with Crippen molar-refractivity contribution in [3.8, 4) is 17.2 Å². The monoisotopic (exact) mass is 479 g/mol. The van der Waals surface area contributed by atoms with Crippen LogP contribution in [0.1, 0.15) is 33.7 Å². The molecule has 3 aromatic rings. The van der Waals surface area contributed by atoms with Crippen LogP contribution in [-0.4, -0.2) is 48.1 Å². The van der Waals surface area contributed by atoms with Gasteiger partial charge in [-0.15, -0.1) is 0 Å². The minimum atomic E-state index is -0.621. The molecule has 10 nitrogen and oxygen atoms in total. The molecule has 0 bridgehead atoms. The van der Waals surface area contributed by atoms with Gasteiger partial charge in [-0.1, -0.05) is 0 Å². The lowest BCUT2D eigenvalue weighted by Gasteiger charge is -2.09. The minimum Gasteiger partial charge on any atom is -0.469 e. The van der Waals surface area contributed by atoms with Gasteiger partial charge in [-0.3, -0.25) is 9.59 Å². The van der Waals surface area contributed by atoms with Crippen LogP contribution in [0, 0.1) is 13.8 Å². The first-order chi connectivity index (χ1) is 16.9. The molecule has 4 rings (SSSR count). The number of hydrogen-bond acceptors (Lipinski definition) is 8. The number of amides is 1. The molecule has 1 aliphatic rings. The molecular formula is C25H25N3O7. The topological polar surface area (TPSA) is 118 Å². The van der Waals surface area contributed by atoms with Crippen molar-refractivity contribution in [1.82, 2.24) is 9.78 Å². The number of methoxy groups -OCH3 is 1. The van der Waals surface area contributed by atoms with E-state index in [4.69, 9.17) is 18.9 Å². The standard InChI is InChI=1S/C25H25N3O7/c1-15-20(9-11-24(30)32-3)16(2)28(27-15)19-7-4-17(5-8-19)25(31)33-13-23(29)26-18-6-10-21-22(12-18)35-14-34-21/h4-8,10,12H,9,11,13-14H2,1-3H3,(H,26,29). The van der Waals surface area contributed by atoms with Crippen LogP contribution < -0.4 is 14.8 Å². The van der Waals surface area contributed by atoms with Gasteiger partial charge in [0, 0.05) is 23.9 Å². The molecule has 2 heterocycles. The Morgan fingerprint density at radius 1 is 1.06 bits per heavy atom. The highest BCUT2D eigenvalue weighted by molar-refractivity contribution is 5.95. The van der Waals surface area contributed by atoms with Gasteiger partial charge >= 0.3 is 11.9 Å². The van der Waals surface area contributed by atoms with Crippen molar-refractivity contribution >= 4 is 23.5 Å². The van der Waals surface area contributed by atoms with Crippen LogP contribution in [0.3, 0.4) is 0 Å². The van der Waals surface area contributed by atoms with E-state index in [1.165, 1.54) is 7.11 Å². The first kappa shape index (κ1) is 23.8. The summed E-state index contributed by atoms with van der Waals surface area (Å²) in [5, 5.41) is 7.21. The molecule has 1 N–H and O–H groups in total. The fraction of sp³-hybridized carbons (Fsp3) is 0.280. The zero-order valence-corrected chi connectivity index (χ0v) is 19.6. The summed E-state index contributed by atoms with van der Waals surface area (Å²) in [7, 11) is 1.36. The van der Waals surface area contributed by atoms with Crippen LogP contribution >= 0.6 is 0 Å². The summed E-state index contributed by atoms with van der Waals surface area (Å²) in [5.74, 6) is -0.224. The lowest BCUT2D eigenvalue weighted by molar-refractivity contribution is -0.140. The quantitative estimate of drug-likeness (QED) is 0.490. The number of hydrogen-bond donors (Lipinski definition) is 1. The zero-order valence-electron chi connectivity index (χ0n) is 19.6. The number of carbonyl (C=O) groups excluding carboxylic acids is 3. The van der Waals surface area contributed by atoms with Crippen molar-refractivity contribution in [1.29, 1.82) is 0 Å². The van der Waals surface area contributed by atoms with Gasteiger partial charge in [0.25, 0.3) is 5.91 Å². The van der Waals surface area contributed by atoms with Crippen molar-refractivity contribution in [3.05, 3.63) is 65.0 Å². The molecule has 35 heavy (non-hydrogen) atoms. The lowest BCUT2D eigenvalue weighted by Crippen LogP contribution is -2.20. The minimum absolute atomic E-state index is 0.138. The number of fused-ring (bicyclic) bond motifs is 1. The van der Waals surface area contributed by atoms with Gasteiger partial charge in [0.2, 0.25) is 6.79 Å². The number of carbonyl (C=O) groups is 3. The maximum absolute atomic E-state index is 12.4. The number of rotatable bonds is 8. The first-order valence-corrected chi connectivity index (χ1v) is 10.9. The number of benzene rings is 2. The van der Waals surface area contributed by atoms with E-state index in [9.17, 15) is 14.4 Å². The Morgan fingerprint density at radius 2 is 1.80 bits per heavy atom. The fourth-order valence-corrected chi connectivity index (χ4v) is 3.74. The molecule has 182 valence electrons. The number of nitrogens with one attached hydrogen (secondary N) is 1. The molecular weight excluding hydrogens is 454 g/mol. The highest BCUT2D eigenvalue weighted by Crippen LogP contribution is 2.34. The molecule has 1 aliphatic heterocycles. The molecule has 1 amide bonds. The van der Waals surface area contributed by atoms with Crippen LogP contribution in [0.5, 0.6) is 11.5 Å². The SMILES string of the molecule is COC(=O)CCc1c(C)nn(-c2ccc(C(=O)OCC(=O)Nc3ccc4c(c3)OCO4)cc2)c1C. The molecule has 10 heteroatoms. The number of ether oxygens (including phenoxy) is 4. The smallest absolute Gasteiger partial charge is 0.338 e. The Hall–Kier alpha value is -4.34. The van der Waals surface area contributed by atoms with Gasteiger partial charge < -0.3 is 24.3 Å². The predicted molar refractivity (Wildman–Crippen MR) is 125 cm³/mol. The van der Waals surface area contributed by atoms with E-state index >= 15 is 0 Å². The van der Waals surface area contributed by atoms with Gasteiger partial charge in [0.1, 0.15) is 0 Å². The summed E-state index contributed by atoms with van der Waals surface area (Å²) in [4.78, 5) is 36.1. The normalized spacial score (nSPS) is 11.7. The van der Waals surface area contributed by atoms with Crippen LogP contribution in [0.2, 0.25) is 0 Å². The Bertz CT molecular complexity index is 1260. The molecule has 0 fully saturated rings. The highest BCUT2D eigenvalue weighted by Gasteiger charge is 2.17. The van der Waals surface area contributed by atoms with Gasteiger partial charge in [-0.25, -0.2) is 9.48 Å². The Morgan fingerprint density at radius 3 is 2.54 bits per heavy atom. The van der Waals surface area contributed by atoms with Gasteiger partial charge in [0.05, 0.1) is 24.1 Å². The number of aromatic nitrogens is 2. The van der Waals surface area contributed by atoms with E-state index in [-0.39, 0.29) is 19.2 Å². The van der Waals surface area contributed by atoms with Gasteiger partial charge in [-0.05, 0) is 62.2 Å². The van der Waals surface area contributed by atoms with Gasteiger partial charge in [0.15, 0.2) is 18.1 Å². The summed E-state index contributed by atoms with van der Waals surface area (Å²) in [6, 6.07) is 11.7. The van der Waals surface area contributed by atoms with Crippen LogP contribution in [0.4, 0.5) is 5.69 Å². The molecule has 0 aliphatic carbocycles. The van der Waals surface area contributed by atoms with Crippen LogP contribution in [-0.2, 0) is 25.5 Å². The molecule has 0 saturated carbocycles. The third-order valence-corrected chi connectivity index (χ3v) is 5.59. The molecule has 0 saturated heterocycles. The van der Waals surface area contributed by atoms with E-state index in [2.05, 4.69) is 10.4 Å². The zero-order chi connectivity index (χ0) is 24.9. The molecule has 0 radical (unpaired) electrons. The maximum Gasteiger partial charge on any atom is 0.338 e. The van der Waals surface area contributed by atoms with Crippen molar-refractivity contribution in [2.75, 3.05) is 25.8 Å². The Balaban J connectivity index is 1.34. The number of aryl methyl sites for hydroxylation is 1. The van der Waals surface area contributed by atoms with Crippen LogP contribution in [0.25, 0.3) is 5.69 Å². The third-order valence-electron chi connectivity index (χ3n) is 5.59. The van der Waals surface area contributed by atoms with Crippen molar-refractivity contribution < 1.29 is 33.3 Å². The van der Waals surface area contributed by atoms with E-state index in [0.29, 0.717) is 29.2 Å². The third kappa shape index (κ3) is 5.43. The summed E-state index contributed by atoms with van der Waals surface area (Å²) >= 11 is 0. The number of esters is 2. The summed E-state index contributed by atoms with van der Waals surface area (Å²) in [6.07, 6.45) is 0.806.